The number of fused-ring (bicyclic) bond motifs is 3. The molecule has 1 amide bonds. The zero-order valence-electron chi connectivity index (χ0n) is 17.5. The van der Waals surface area contributed by atoms with Crippen LogP contribution in [0.15, 0.2) is 48.5 Å². The number of amides is 1. The van der Waals surface area contributed by atoms with Crippen molar-refractivity contribution in [2.45, 2.75) is 50.9 Å². The van der Waals surface area contributed by atoms with E-state index in [0.29, 0.717) is 0 Å². The summed E-state index contributed by atoms with van der Waals surface area (Å²) < 4.78 is 11.6. The number of carbonyl (C=O) groups excluding carboxylic acids is 1. The van der Waals surface area contributed by atoms with Crippen LogP contribution in [0.5, 0.6) is 0 Å². The first kappa shape index (κ1) is 20.4. The normalized spacial score (nSPS) is 20.7. The first-order valence-corrected chi connectivity index (χ1v) is 10.3. The molecule has 0 spiro atoms. The second-order valence-electron chi connectivity index (χ2n) is 8.90. The van der Waals surface area contributed by atoms with Crippen LogP contribution < -0.4 is 0 Å². The molecule has 1 fully saturated rings. The van der Waals surface area contributed by atoms with Crippen molar-refractivity contribution in [1.82, 2.24) is 4.90 Å². The Bertz CT molecular complexity index is 919. The Morgan fingerprint density at radius 1 is 1.03 bits per heavy atom. The van der Waals surface area contributed by atoms with Gasteiger partial charge >= 0.3 is 12.1 Å². The minimum atomic E-state index is -1.04. The molecule has 1 N–H and O–H groups in total. The first-order chi connectivity index (χ1) is 14.2. The van der Waals surface area contributed by atoms with Crippen LogP contribution in [0.2, 0.25) is 0 Å². The molecule has 2 aromatic carbocycles. The highest BCUT2D eigenvalue weighted by atomic mass is 16.6. The lowest BCUT2D eigenvalue weighted by Gasteiger charge is -2.25. The molecule has 30 heavy (non-hydrogen) atoms. The van der Waals surface area contributed by atoms with E-state index in [-0.39, 0.29) is 31.6 Å². The van der Waals surface area contributed by atoms with E-state index in [4.69, 9.17) is 9.47 Å². The smallest absolute Gasteiger partial charge is 0.410 e. The van der Waals surface area contributed by atoms with Crippen molar-refractivity contribution in [3.05, 3.63) is 59.7 Å². The minimum Gasteiger partial charge on any atom is -0.480 e. The van der Waals surface area contributed by atoms with Gasteiger partial charge in [0.25, 0.3) is 0 Å². The molecule has 0 saturated carbocycles. The van der Waals surface area contributed by atoms with E-state index in [1.54, 1.807) is 0 Å². The van der Waals surface area contributed by atoms with Crippen LogP contribution in [-0.4, -0.2) is 53.0 Å². The molecule has 2 aromatic rings. The number of likely N-dealkylation sites (tertiary alicyclic amines) is 1. The third-order valence-corrected chi connectivity index (χ3v) is 5.64. The maximum absolute atomic E-state index is 12.8. The number of ether oxygens (including phenoxy) is 2. The van der Waals surface area contributed by atoms with Gasteiger partial charge in [0.15, 0.2) is 0 Å². The highest BCUT2D eigenvalue weighted by Crippen LogP contribution is 2.44. The average Bonchev–Trinajstić information content (AvgIpc) is 3.24. The number of carboxylic acids is 1. The number of nitrogens with zero attached hydrogens (tertiary/aromatic N) is 1. The fourth-order valence-corrected chi connectivity index (χ4v) is 4.50. The van der Waals surface area contributed by atoms with Gasteiger partial charge in [-0.15, -0.1) is 0 Å². The van der Waals surface area contributed by atoms with E-state index in [1.807, 2.05) is 45.0 Å². The molecule has 0 bridgehead atoms. The molecular formula is C24H27NO5. The van der Waals surface area contributed by atoms with Crippen LogP contribution in [0.4, 0.5) is 4.79 Å². The average molecular weight is 409 g/mol. The van der Waals surface area contributed by atoms with Crippen LogP contribution in [0, 0.1) is 0 Å². The number of aliphatic carboxylic acids is 1. The lowest BCUT2D eigenvalue weighted by molar-refractivity contribution is -0.141. The van der Waals surface area contributed by atoms with Crippen molar-refractivity contribution in [1.29, 1.82) is 0 Å². The number of benzene rings is 2. The summed E-state index contributed by atoms with van der Waals surface area (Å²) in [5.74, 6) is -1.10. The van der Waals surface area contributed by atoms with Crippen molar-refractivity contribution < 1.29 is 24.2 Å². The molecule has 6 nitrogen and oxygen atoms in total. The van der Waals surface area contributed by atoms with Gasteiger partial charge in [-0.3, -0.25) is 4.90 Å². The standard InChI is InChI=1S/C24H27NO5/c1-24(2,3)30-15-12-21(22(26)27)25(13-15)23(28)29-14-20-18-10-6-4-8-16(18)17-9-5-7-11-19(17)20/h4-11,15,20-21H,12-14H2,1-3H3,(H,26,27)/t15?,21-/m1/s1. The summed E-state index contributed by atoms with van der Waals surface area (Å²) in [5, 5.41) is 9.58. The number of hydrogen-bond acceptors (Lipinski definition) is 4. The van der Waals surface area contributed by atoms with Crippen molar-refractivity contribution in [2.75, 3.05) is 13.2 Å². The molecule has 4 rings (SSSR count). The van der Waals surface area contributed by atoms with Gasteiger partial charge in [0, 0.05) is 12.3 Å². The van der Waals surface area contributed by atoms with Gasteiger partial charge in [-0.1, -0.05) is 48.5 Å². The van der Waals surface area contributed by atoms with Gasteiger partial charge in [-0.25, -0.2) is 9.59 Å². The third kappa shape index (κ3) is 3.92. The Morgan fingerprint density at radius 3 is 2.13 bits per heavy atom. The third-order valence-electron chi connectivity index (χ3n) is 5.64. The molecule has 2 aliphatic rings. The van der Waals surface area contributed by atoms with Crippen molar-refractivity contribution >= 4 is 12.1 Å². The Hall–Kier alpha value is -2.86. The molecule has 1 unspecified atom stereocenters. The molecule has 1 aliphatic heterocycles. The summed E-state index contributed by atoms with van der Waals surface area (Å²) in [7, 11) is 0. The summed E-state index contributed by atoms with van der Waals surface area (Å²) in [6.07, 6.45) is -0.674. The molecule has 1 saturated heterocycles. The Morgan fingerprint density at radius 2 is 1.60 bits per heavy atom. The quantitative estimate of drug-likeness (QED) is 0.816. The lowest BCUT2D eigenvalue weighted by atomic mass is 9.98. The van der Waals surface area contributed by atoms with Gasteiger partial charge < -0.3 is 14.6 Å². The summed E-state index contributed by atoms with van der Waals surface area (Å²) in [6.45, 7) is 6.13. The fraction of sp³-hybridized carbons (Fsp3) is 0.417. The highest BCUT2D eigenvalue weighted by Gasteiger charge is 2.42. The van der Waals surface area contributed by atoms with Crippen molar-refractivity contribution in [2.24, 2.45) is 0 Å². The van der Waals surface area contributed by atoms with Crippen LogP contribution in [0.3, 0.4) is 0 Å². The largest absolute Gasteiger partial charge is 0.480 e. The molecule has 158 valence electrons. The Labute approximate surface area is 176 Å². The number of hydrogen-bond donors (Lipinski definition) is 1. The summed E-state index contributed by atoms with van der Waals surface area (Å²) in [4.78, 5) is 25.8. The predicted octanol–water partition coefficient (Wildman–Crippen LogP) is 4.28. The second-order valence-corrected chi connectivity index (χ2v) is 8.90. The van der Waals surface area contributed by atoms with Gasteiger partial charge in [-0.2, -0.15) is 0 Å². The van der Waals surface area contributed by atoms with Gasteiger partial charge in [0.05, 0.1) is 18.2 Å². The summed E-state index contributed by atoms with van der Waals surface area (Å²) in [5.41, 5.74) is 4.13. The highest BCUT2D eigenvalue weighted by molar-refractivity contribution is 5.81. The topological polar surface area (TPSA) is 76.1 Å². The van der Waals surface area contributed by atoms with Crippen LogP contribution in [0.1, 0.15) is 44.2 Å². The maximum atomic E-state index is 12.8. The Balaban J connectivity index is 1.48. The molecule has 0 radical (unpaired) electrons. The molecule has 2 atom stereocenters. The molecule has 1 aliphatic carbocycles. The Kier molecular flexibility index (Phi) is 5.28. The SMILES string of the molecule is CC(C)(C)OC1C[C@H](C(=O)O)N(C(=O)OCC2c3ccccc3-c3ccccc32)C1. The monoisotopic (exact) mass is 409 g/mol. The van der Waals surface area contributed by atoms with E-state index in [0.717, 1.165) is 22.3 Å². The van der Waals surface area contributed by atoms with Crippen molar-refractivity contribution in [3.63, 3.8) is 0 Å². The molecule has 6 heteroatoms. The van der Waals surface area contributed by atoms with E-state index in [9.17, 15) is 14.7 Å². The van der Waals surface area contributed by atoms with Crippen LogP contribution >= 0.6 is 0 Å². The fourth-order valence-electron chi connectivity index (χ4n) is 4.50. The zero-order valence-corrected chi connectivity index (χ0v) is 17.5. The molecule has 1 heterocycles. The van der Waals surface area contributed by atoms with Crippen LogP contribution in [-0.2, 0) is 14.3 Å². The minimum absolute atomic E-state index is 0.0612. The van der Waals surface area contributed by atoms with Gasteiger partial charge in [0.1, 0.15) is 12.6 Å². The van der Waals surface area contributed by atoms with Crippen LogP contribution in [0.25, 0.3) is 11.1 Å². The second kappa shape index (κ2) is 7.76. The first-order valence-electron chi connectivity index (χ1n) is 10.3. The number of rotatable bonds is 4. The van der Waals surface area contributed by atoms with Gasteiger partial charge in [0.2, 0.25) is 0 Å². The summed E-state index contributed by atoms with van der Waals surface area (Å²) >= 11 is 0. The maximum Gasteiger partial charge on any atom is 0.410 e. The molecule has 0 aromatic heterocycles. The summed E-state index contributed by atoms with van der Waals surface area (Å²) in [6, 6.07) is 15.3. The van der Waals surface area contributed by atoms with Crippen molar-refractivity contribution in [3.8, 4) is 11.1 Å². The number of carbonyl (C=O) groups is 2. The van der Waals surface area contributed by atoms with E-state index in [1.165, 1.54) is 4.90 Å². The van der Waals surface area contributed by atoms with E-state index < -0.39 is 23.7 Å². The van der Waals surface area contributed by atoms with E-state index >= 15 is 0 Å². The lowest BCUT2D eigenvalue weighted by Crippen LogP contribution is -2.41. The van der Waals surface area contributed by atoms with E-state index in [2.05, 4.69) is 24.3 Å². The zero-order chi connectivity index (χ0) is 21.5. The van der Waals surface area contributed by atoms with Gasteiger partial charge in [-0.05, 0) is 43.0 Å². The predicted molar refractivity (Wildman–Crippen MR) is 112 cm³/mol. The number of carboxylic acid groups (broad SMARTS) is 1. The molecular weight excluding hydrogens is 382 g/mol.